The van der Waals surface area contributed by atoms with E-state index in [0.717, 1.165) is 35.2 Å². The standard InChI is InChI=1S/C26H30F2IN3O2/c1-34-23-5-3-19(17-22(23)32-14-10-26(27,28)11-15-32)30-24(33)20-4-2-18(29)16-21(20)31-12-8-25(6-7-25)9-13-31/h2-5,16-17H,6-15H2,1H3,(H,30,33)/i1D3. The summed E-state index contributed by atoms with van der Waals surface area (Å²) in [6.07, 6.45) is 4.23. The van der Waals surface area contributed by atoms with E-state index >= 15 is 0 Å². The normalized spacial score (nSPS) is 22.5. The predicted molar refractivity (Wildman–Crippen MR) is 140 cm³/mol. The lowest BCUT2D eigenvalue weighted by molar-refractivity contribution is -0.0221. The van der Waals surface area contributed by atoms with Crippen LogP contribution in [0.25, 0.3) is 0 Å². The molecule has 2 saturated heterocycles. The van der Waals surface area contributed by atoms with Gasteiger partial charge >= 0.3 is 0 Å². The minimum atomic E-state index is -2.75. The molecule has 2 aliphatic heterocycles. The molecule has 2 heterocycles. The Morgan fingerprint density at radius 1 is 0.971 bits per heavy atom. The maximum absolute atomic E-state index is 13.8. The molecule has 0 unspecified atom stereocenters. The number of anilines is 3. The zero-order chi connectivity index (χ0) is 26.4. The molecule has 2 aromatic carbocycles. The van der Waals surface area contributed by atoms with Crippen molar-refractivity contribution in [3.63, 3.8) is 0 Å². The van der Waals surface area contributed by atoms with Crippen molar-refractivity contribution in [3.05, 3.63) is 45.5 Å². The van der Waals surface area contributed by atoms with Crippen LogP contribution in [0.3, 0.4) is 0 Å². The molecule has 8 heteroatoms. The lowest BCUT2D eigenvalue weighted by Gasteiger charge is -2.35. The van der Waals surface area contributed by atoms with Crippen molar-refractivity contribution in [2.75, 3.05) is 48.3 Å². The summed E-state index contributed by atoms with van der Waals surface area (Å²) in [7, 11) is -2.69. The number of hydrogen-bond acceptors (Lipinski definition) is 4. The highest BCUT2D eigenvalue weighted by Crippen LogP contribution is 2.54. The first kappa shape index (κ1) is 20.1. The Morgan fingerprint density at radius 2 is 1.65 bits per heavy atom. The van der Waals surface area contributed by atoms with E-state index in [-0.39, 0.29) is 37.6 Å². The number of carbonyl (C=O) groups excluding carboxylic acids is 1. The highest BCUT2D eigenvalue weighted by atomic mass is 127. The molecule has 182 valence electrons. The van der Waals surface area contributed by atoms with E-state index in [9.17, 15) is 13.6 Å². The Balaban J connectivity index is 1.38. The van der Waals surface area contributed by atoms with Crippen LogP contribution in [0, 0.1) is 8.99 Å². The second-order valence-corrected chi connectivity index (χ2v) is 11.0. The van der Waals surface area contributed by atoms with Gasteiger partial charge < -0.3 is 19.9 Å². The van der Waals surface area contributed by atoms with Crippen LogP contribution in [0.2, 0.25) is 0 Å². The number of benzene rings is 2. The molecule has 1 saturated carbocycles. The van der Waals surface area contributed by atoms with Crippen LogP contribution in [-0.4, -0.2) is 45.0 Å². The molecule has 0 atom stereocenters. The first-order valence-electron chi connectivity index (χ1n) is 13.2. The van der Waals surface area contributed by atoms with Crippen LogP contribution in [0.1, 0.15) is 53.0 Å². The van der Waals surface area contributed by atoms with E-state index in [4.69, 9.17) is 8.85 Å². The van der Waals surface area contributed by atoms with Gasteiger partial charge in [0.2, 0.25) is 0 Å². The fourth-order valence-corrected chi connectivity index (χ4v) is 5.53. The second-order valence-electron chi connectivity index (χ2n) is 9.73. The van der Waals surface area contributed by atoms with Crippen molar-refractivity contribution >= 4 is 45.6 Å². The fourth-order valence-electron chi connectivity index (χ4n) is 5.06. The third kappa shape index (κ3) is 4.97. The van der Waals surface area contributed by atoms with Crippen LogP contribution in [0.4, 0.5) is 25.8 Å². The number of ether oxygens (including phenoxy) is 1. The van der Waals surface area contributed by atoms with E-state index in [1.54, 1.807) is 17.0 Å². The molecule has 3 aliphatic rings. The van der Waals surface area contributed by atoms with Crippen molar-refractivity contribution in [1.29, 1.82) is 0 Å². The van der Waals surface area contributed by atoms with Gasteiger partial charge in [-0.25, -0.2) is 8.78 Å². The van der Waals surface area contributed by atoms with Crippen LogP contribution in [0.5, 0.6) is 5.75 Å². The van der Waals surface area contributed by atoms with Gasteiger partial charge in [-0.2, -0.15) is 0 Å². The first-order valence-corrected chi connectivity index (χ1v) is 12.8. The van der Waals surface area contributed by atoms with Gasteiger partial charge in [-0.05, 0) is 90.1 Å². The van der Waals surface area contributed by atoms with Crippen molar-refractivity contribution in [2.24, 2.45) is 5.41 Å². The molecule has 0 radical (unpaired) electrons. The number of methoxy groups -OCH3 is 1. The highest BCUT2D eigenvalue weighted by Gasteiger charge is 2.44. The molecule has 5 rings (SSSR count). The van der Waals surface area contributed by atoms with Gasteiger partial charge in [-0.15, -0.1) is 0 Å². The average molecular weight is 584 g/mol. The summed E-state index contributed by atoms with van der Waals surface area (Å²) >= 11 is 2.25. The number of rotatable bonds is 5. The third-order valence-corrected chi connectivity index (χ3v) is 8.16. The molecular formula is C26H30F2IN3O2. The van der Waals surface area contributed by atoms with Gasteiger partial charge in [0.15, 0.2) is 0 Å². The first-order chi connectivity index (χ1) is 17.4. The Bertz CT molecular complexity index is 1170. The van der Waals surface area contributed by atoms with Crippen LogP contribution < -0.4 is 19.9 Å². The SMILES string of the molecule is [2H]C([2H])([2H])Oc1ccc(NC(=O)c2ccc(I)cc2N2CCC3(CC2)CC3)cc1N1CCC(F)(F)CC1. The maximum atomic E-state index is 13.8. The number of nitrogens with zero attached hydrogens (tertiary/aromatic N) is 2. The maximum Gasteiger partial charge on any atom is 0.257 e. The van der Waals surface area contributed by atoms with Crippen LogP contribution in [-0.2, 0) is 0 Å². The molecule has 34 heavy (non-hydrogen) atoms. The lowest BCUT2D eigenvalue weighted by Crippen LogP contribution is -2.39. The van der Waals surface area contributed by atoms with Gasteiger partial charge in [0.05, 0.1) is 28.1 Å². The molecule has 1 spiro atoms. The fraction of sp³-hybridized carbons (Fsp3) is 0.500. The molecule has 1 amide bonds. The lowest BCUT2D eigenvalue weighted by atomic mass is 9.93. The monoisotopic (exact) mass is 584 g/mol. The molecule has 1 aliphatic carbocycles. The summed E-state index contributed by atoms with van der Waals surface area (Å²) in [5.74, 6) is -2.96. The Kier molecular flexibility index (Phi) is 5.43. The zero-order valence-electron chi connectivity index (χ0n) is 21.9. The van der Waals surface area contributed by atoms with Crippen molar-refractivity contribution in [3.8, 4) is 5.75 Å². The summed E-state index contributed by atoms with van der Waals surface area (Å²) < 4.78 is 56.2. The Hall–Kier alpha value is -2.10. The molecule has 1 N–H and O–H groups in total. The summed E-state index contributed by atoms with van der Waals surface area (Å²) in [5, 5.41) is 2.93. The topological polar surface area (TPSA) is 44.8 Å². The predicted octanol–water partition coefficient (Wildman–Crippen LogP) is 6.17. The summed E-state index contributed by atoms with van der Waals surface area (Å²) in [5.41, 5.74) is 2.80. The van der Waals surface area contributed by atoms with E-state index in [1.165, 1.54) is 18.9 Å². The van der Waals surface area contributed by atoms with Gasteiger partial charge in [0.25, 0.3) is 11.8 Å². The second kappa shape index (κ2) is 9.17. The zero-order valence-corrected chi connectivity index (χ0v) is 21.0. The minimum Gasteiger partial charge on any atom is -0.495 e. The molecular weight excluding hydrogens is 551 g/mol. The molecule has 0 aromatic heterocycles. The summed E-state index contributed by atoms with van der Waals surface area (Å²) in [6, 6.07) is 10.4. The van der Waals surface area contributed by atoms with Crippen LogP contribution >= 0.6 is 22.6 Å². The summed E-state index contributed by atoms with van der Waals surface area (Å²) in [4.78, 5) is 17.4. The van der Waals surface area contributed by atoms with E-state index < -0.39 is 13.0 Å². The Labute approximate surface area is 217 Å². The van der Waals surface area contributed by atoms with Gasteiger partial charge in [-0.3, -0.25) is 4.79 Å². The van der Waals surface area contributed by atoms with Crippen molar-refractivity contribution in [1.82, 2.24) is 0 Å². The van der Waals surface area contributed by atoms with Gasteiger partial charge in [-0.1, -0.05) is 0 Å². The number of alkyl halides is 2. The van der Waals surface area contributed by atoms with E-state index in [0.29, 0.717) is 22.4 Å². The van der Waals surface area contributed by atoms with Gasteiger partial charge in [0, 0.05) is 48.3 Å². The Morgan fingerprint density at radius 3 is 2.32 bits per heavy atom. The van der Waals surface area contributed by atoms with E-state index in [2.05, 4.69) is 32.8 Å². The highest BCUT2D eigenvalue weighted by molar-refractivity contribution is 14.1. The quantitative estimate of drug-likeness (QED) is 0.428. The van der Waals surface area contributed by atoms with Gasteiger partial charge in [0.1, 0.15) is 5.75 Å². The van der Waals surface area contributed by atoms with Crippen LogP contribution in [0.15, 0.2) is 36.4 Å². The molecule has 5 nitrogen and oxygen atoms in total. The smallest absolute Gasteiger partial charge is 0.257 e. The van der Waals surface area contributed by atoms with E-state index in [1.807, 2.05) is 18.2 Å². The number of nitrogens with one attached hydrogen (secondary N) is 1. The molecule has 3 fully saturated rings. The number of carbonyl (C=O) groups is 1. The minimum absolute atomic E-state index is 0.0550. The number of amides is 1. The molecule has 2 aromatic rings. The molecule has 0 bridgehead atoms. The largest absolute Gasteiger partial charge is 0.495 e. The summed E-state index contributed by atoms with van der Waals surface area (Å²) in [6.45, 7) is 1.95. The number of hydrogen-bond donors (Lipinski definition) is 1. The third-order valence-electron chi connectivity index (χ3n) is 7.49. The van der Waals surface area contributed by atoms with Crippen molar-refractivity contribution < 1.29 is 22.4 Å². The van der Waals surface area contributed by atoms with Crippen molar-refractivity contribution in [2.45, 2.75) is 44.4 Å². The average Bonchev–Trinajstić information content (AvgIpc) is 3.58. The number of halogens is 3. The number of piperidine rings is 2.